The number of phenols is 1. The molecule has 0 fully saturated rings. The predicted molar refractivity (Wildman–Crippen MR) is 56.3 cm³/mol. The SMILES string of the molecule is COCCN(C)Cc1cc(O)cc(F)c1. The van der Waals surface area contributed by atoms with Gasteiger partial charge >= 0.3 is 0 Å². The van der Waals surface area contributed by atoms with Gasteiger partial charge in [0.15, 0.2) is 0 Å². The highest BCUT2D eigenvalue weighted by Gasteiger charge is 2.03. The van der Waals surface area contributed by atoms with E-state index < -0.39 is 5.82 Å². The lowest BCUT2D eigenvalue weighted by atomic mass is 10.2. The van der Waals surface area contributed by atoms with E-state index in [1.807, 2.05) is 11.9 Å². The molecule has 0 saturated carbocycles. The number of nitrogens with zero attached hydrogens (tertiary/aromatic N) is 1. The van der Waals surface area contributed by atoms with E-state index in [9.17, 15) is 9.50 Å². The van der Waals surface area contributed by atoms with Crippen LogP contribution in [-0.4, -0.2) is 37.3 Å². The molecule has 0 aliphatic carbocycles. The maximum absolute atomic E-state index is 12.9. The first-order chi connectivity index (χ1) is 7.11. The Bertz CT molecular complexity index is 297. The fraction of sp³-hybridized carbons (Fsp3) is 0.455. The Hall–Kier alpha value is -1.13. The molecule has 1 aromatic rings. The van der Waals surface area contributed by atoms with Crippen molar-refractivity contribution in [3.05, 3.63) is 29.6 Å². The molecule has 84 valence electrons. The molecule has 15 heavy (non-hydrogen) atoms. The van der Waals surface area contributed by atoms with E-state index in [1.165, 1.54) is 6.07 Å². The summed E-state index contributed by atoms with van der Waals surface area (Å²) in [6, 6.07) is 4.08. The molecule has 0 atom stereocenters. The van der Waals surface area contributed by atoms with Gasteiger partial charge < -0.3 is 9.84 Å². The number of aromatic hydroxyl groups is 1. The van der Waals surface area contributed by atoms with Crippen LogP contribution in [0.2, 0.25) is 0 Å². The molecule has 0 aliphatic heterocycles. The smallest absolute Gasteiger partial charge is 0.127 e. The maximum Gasteiger partial charge on any atom is 0.127 e. The fourth-order valence-electron chi connectivity index (χ4n) is 1.36. The van der Waals surface area contributed by atoms with Crippen LogP contribution in [0, 0.1) is 5.82 Å². The zero-order valence-corrected chi connectivity index (χ0v) is 9.03. The second kappa shape index (κ2) is 5.68. The fourth-order valence-corrected chi connectivity index (χ4v) is 1.36. The highest BCUT2D eigenvalue weighted by molar-refractivity contribution is 5.28. The van der Waals surface area contributed by atoms with E-state index in [2.05, 4.69) is 0 Å². The van der Waals surface area contributed by atoms with Crippen LogP contribution in [0.25, 0.3) is 0 Å². The second-order valence-corrected chi connectivity index (χ2v) is 3.55. The predicted octanol–water partition coefficient (Wildman–Crippen LogP) is 1.61. The molecule has 0 saturated heterocycles. The standard InChI is InChI=1S/C11H16FNO2/c1-13(3-4-15-2)8-9-5-10(12)7-11(14)6-9/h5-7,14H,3-4,8H2,1-2H3. The first-order valence-electron chi connectivity index (χ1n) is 4.77. The third-order valence-corrected chi connectivity index (χ3v) is 2.07. The van der Waals surface area contributed by atoms with Gasteiger partial charge in [0.05, 0.1) is 6.61 Å². The van der Waals surface area contributed by atoms with E-state index in [0.29, 0.717) is 13.2 Å². The zero-order chi connectivity index (χ0) is 11.3. The summed E-state index contributed by atoms with van der Waals surface area (Å²) in [4.78, 5) is 2.00. The van der Waals surface area contributed by atoms with Gasteiger partial charge in [-0.05, 0) is 24.7 Å². The molecule has 1 aromatic carbocycles. The Labute approximate surface area is 89.1 Å². The first kappa shape index (κ1) is 11.9. The van der Waals surface area contributed by atoms with Gasteiger partial charge in [0.2, 0.25) is 0 Å². The van der Waals surface area contributed by atoms with E-state index >= 15 is 0 Å². The van der Waals surface area contributed by atoms with Crippen LogP contribution < -0.4 is 0 Å². The molecule has 0 amide bonds. The van der Waals surface area contributed by atoms with Gasteiger partial charge in [0, 0.05) is 26.3 Å². The molecule has 0 radical (unpaired) electrons. The van der Waals surface area contributed by atoms with Crippen LogP contribution >= 0.6 is 0 Å². The quantitative estimate of drug-likeness (QED) is 0.806. The average molecular weight is 213 g/mol. The van der Waals surface area contributed by atoms with Crippen molar-refractivity contribution in [3.8, 4) is 5.75 Å². The summed E-state index contributed by atoms with van der Waals surface area (Å²) >= 11 is 0. The topological polar surface area (TPSA) is 32.7 Å². The minimum absolute atomic E-state index is 0.0369. The Morgan fingerprint density at radius 3 is 2.73 bits per heavy atom. The van der Waals surface area contributed by atoms with Gasteiger partial charge in [-0.25, -0.2) is 4.39 Å². The van der Waals surface area contributed by atoms with Crippen molar-refractivity contribution in [2.24, 2.45) is 0 Å². The number of methoxy groups -OCH3 is 1. The van der Waals surface area contributed by atoms with E-state index in [4.69, 9.17) is 4.74 Å². The highest BCUT2D eigenvalue weighted by atomic mass is 19.1. The summed E-state index contributed by atoms with van der Waals surface area (Å²) in [5, 5.41) is 9.20. The van der Waals surface area contributed by atoms with Crippen molar-refractivity contribution in [3.63, 3.8) is 0 Å². The Balaban J connectivity index is 2.56. The molecule has 1 rings (SSSR count). The lowest BCUT2D eigenvalue weighted by Gasteiger charge is -2.16. The Morgan fingerprint density at radius 2 is 2.13 bits per heavy atom. The molecule has 0 aromatic heterocycles. The van der Waals surface area contributed by atoms with Crippen LogP contribution in [0.3, 0.4) is 0 Å². The molecular weight excluding hydrogens is 197 g/mol. The van der Waals surface area contributed by atoms with Crippen LogP contribution in [0.5, 0.6) is 5.75 Å². The third-order valence-electron chi connectivity index (χ3n) is 2.07. The van der Waals surface area contributed by atoms with E-state index in [0.717, 1.165) is 18.2 Å². The maximum atomic E-state index is 12.9. The third kappa shape index (κ3) is 4.27. The van der Waals surface area contributed by atoms with Gasteiger partial charge in [-0.3, -0.25) is 4.90 Å². The number of benzene rings is 1. The normalized spacial score (nSPS) is 10.9. The summed E-state index contributed by atoms with van der Waals surface area (Å²) < 4.78 is 17.9. The van der Waals surface area contributed by atoms with Crippen molar-refractivity contribution < 1.29 is 14.2 Å². The Morgan fingerprint density at radius 1 is 1.40 bits per heavy atom. The number of halogens is 1. The molecule has 0 aliphatic rings. The van der Waals surface area contributed by atoms with Gasteiger partial charge in [-0.15, -0.1) is 0 Å². The number of hydrogen-bond acceptors (Lipinski definition) is 3. The van der Waals surface area contributed by atoms with Crippen LogP contribution in [0.1, 0.15) is 5.56 Å². The lowest BCUT2D eigenvalue weighted by molar-refractivity contribution is 0.158. The largest absolute Gasteiger partial charge is 0.508 e. The molecule has 0 unspecified atom stereocenters. The van der Waals surface area contributed by atoms with Gasteiger partial charge in [0.25, 0.3) is 0 Å². The minimum atomic E-state index is -0.412. The molecule has 0 heterocycles. The molecular formula is C11H16FNO2. The van der Waals surface area contributed by atoms with E-state index in [1.54, 1.807) is 13.2 Å². The summed E-state index contributed by atoms with van der Waals surface area (Å²) in [7, 11) is 3.56. The summed E-state index contributed by atoms with van der Waals surface area (Å²) in [6.07, 6.45) is 0. The Kier molecular flexibility index (Phi) is 4.52. The average Bonchev–Trinajstić information content (AvgIpc) is 2.13. The lowest BCUT2D eigenvalue weighted by Crippen LogP contribution is -2.22. The molecule has 3 nitrogen and oxygen atoms in total. The number of phenolic OH excluding ortho intramolecular Hbond substituents is 1. The summed E-state index contributed by atoms with van der Waals surface area (Å²) in [5.74, 6) is -0.449. The van der Waals surface area contributed by atoms with E-state index in [-0.39, 0.29) is 5.75 Å². The second-order valence-electron chi connectivity index (χ2n) is 3.55. The van der Waals surface area contributed by atoms with Gasteiger partial charge in [0.1, 0.15) is 11.6 Å². The van der Waals surface area contributed by atoms with Crippen LogP contribution in [-0.2, 0) is 11.3 Å². The summed E-state index contributed by atoms with van der Waals surface area (Å²) in [5.41, 5.74) is 0.756. The van der Waals surface area contributed by atoms with Gasteiger partial charge in [-0.1, -0.05) is 0 Å². The number of likely N-dealkylation sites (N-methyl/N-ethyl adjacent to an activating group) is 1. The molecule has 1 N–H and O–H groups in total. The number of rotatable bonds is 5. The molecule has 4 heteroatoms. The highest BCUT2D eigenvalue weighted by Crippen LogP contribution is 2.15. The van der Waals surface area contributed by atoms with Gasteiger partial charge in [-0.2, -0.15) is 0 Å². The summed E-state index contributed by atoms with van der Waals surface area (Å²) in [6.45, 7) is 2.00. The minimum Gasteiger partial charge on any atom is -0.508 e. The van der Waals surface area contributed by atoms with Crippen LogP contribution in [0.4, 0.5) is 4.39 Å². The monoisotopic (exact) mass is 213 g/mol. The zero-order valence-electron chi connectivity index (χ0n) is 9.03. The first-order valence-corrected chi connectivity index (χ1v) is 4.77. The van der Waals surface area contributed by atoms with Crippen molar-refractivity contribution in [1.82, 2.24) is 4.90 Å². The van der Waals surface area contributed by atoms with Crippen LogP contribution in [0.15, 0.2) is 18.2 Å². The molecule has 0 spiro atoms. The molecule has 0 bridgehead atoms. The van der Waals surface area contributed by atoms with Crippen molar-refractivity contribution in [2.75, 3.05) is 27.3 Å². The number of hydrogen-bond donors (Lipinski definition) is 1. The number of ether oxygens (including phenoxy) is 1. The van der Waals surface area contributed by atoms with Crippen molar-refractivity contribution in [1.29, 1.82) is 0 Å². The van der Waals surface area contributed by atoms with Crippen molar-refractivity contribution in [2.45, 2.75) is 6.54 Å². The van der Waals surface area contributed by atoms with Crippen molar-refractivity contribution >= 4 is 0 Å².